The number of nitrogens with zero attached hydrogens (tertiary/aromatic N) is 2. The van der Waals surface area contributed by atoms with E-state index < -0.39 is 0 Å². The summed E-state index contributed by atoms with van der Waals surface area (Å²) in [4.78, 5) is 2.56. The molecule has 2 aliphatic rings. The van der Waals surface area contributed by atoms with Gasteiger partial charge in [0.15, 0.2) is 0 Å². The molecule has 1 aliphatic heterocycles. The Labute approximate surface area is 112 Å². The second kappa shape index (κ2) is 6.04. The maximum atomic E-state index is 9.47. The summed E-state index contributed by atoms with van der Waals surface area (Å²) in [6, 6.07) is 3.81. The highest BCUT2D eigenvalue weighted by Crippen LogP contribution is 2.26. The maximum Gasteiger partial charge on any atom is 0.116 e. The van der Waals surface area contributed by atoms with Crippen LogP contribution in [0.3, 0.4) is 0 Å². The molecule has 0 aromatic rings. The highest BCUT2D eigenvalue weighted by atomic mass is 15.2. The van der Waals surface area contributed by atoms with Gasteiger partial charge in [0.05, 0.1) is 6.07 Å². The van der Waals surface area contributed by atoms with Gasteiger partial charge in [0.1, 0.15) is 5.54 Å². The average Bonchev–Trinajstić information content (AvgIpc) is 3.16. The van der Waals surface area contributed by atoms with E-state index in [9.17, 15) is 5.26 Å². The summed E-state index contributed by atoms with van der Waals surface area (Å²) in [6.45, 7) is 6.40. The van der Waals surface area contributed by atoms with Crippen molar-refractivity contribution >= 4 is 0 Å². The first-order valence-electron chi connectivity index (χ1n) is 7.60. The standard InChI is InChI=1S/C15H27N3/c1-3-6-14-7-4-5-10-18(14)12-15(2,11-16)17-13-8-9-13/h13-14,17H,3-10,12H2,1-2H3. The Balaban J connectivity index is 1.93. The van der Waals surface area contributed by atoms with Crippen molar-refractivity contribution in [1.82, 2.24) is 10.2 Å². The normalized spacial score (nSPS) is 28.6. The monoisotopic (exact) mass is 249 g/mol. The van der Waals surface area contributed by atoms with E-state index in [4.69, 9.17) is 0 Å². The average molecular weight is 249 g/mol. The molecule has 0 radical (unpaired) electrons. The molecule has 2 rings (SSSR count). The molecule has 2 unspecified atom stereocenters. The highest BCUT2D eigenvalue weighted by molar-refractivity contribution is 5.09. The topological polar surface area (TPSA) is 39.1 Å². The van der Waals surface area contributed by atoms with Gasteiger partial charge in [0, 0.05) is 18.6 Å². The zero-order valence-electron chi connectivity index (χ0n) is 11.9. The van der Waals surface area contributed by atoms with E-state index >= 15 is 0 Å². The van der Waals surface area contributed by atoms with Gasteiger partial charge in [0.25, 0.3) is 0 Å². The van der Waals surface area contributed by atoms with Gasteiger partial charge >= 0.3 is 0 Å². The Bertz CT molecular complexity index is 303. The van der Waals surface area contributed by atoms with Crippen LogP contribution in [-0.4, -0.2) is 35.6 Å². The lowest BCUT2D eigenvalue weighted by Crippen LogP contribution is -2.54. The summed E-state index contributed by atoms with van der Waals surface area (Å²) in [5.74, 6) is 0. The van der Waals surface area contributed by atoms with Gasteiger partial charge < -0.3 is 0 Å². The Hall–Kier alpha value is -0.590. The third-order valence-electron chi connectivity index (χ3n) is 4.24. The molecule has 0 amide bonds. The molecular weight excluding hydrogens is 222 g/mol. The van der Waals surface area contributed by atoms with E-state index in [1.807, 2.05) is 0 Å². The lowest BCUT2D eigenvalue weighted by molar-refractivity contribution is 0.114. The molecule has 0 aromatic carbocycles. The van der Waals surface area contributed by atoms with Gasteiger partial charge in [-0.1, -0.05) is 19.8 Å². The van der Waals surface area contributed by atoms with Crippen molar-refractivity contribution in [3.05, 3.63) is 0 Å². The van der Waals surface area contributed by atoms with Crippen molar-refractivity contribution in [1.29, 1.82) is 5.26 Å². The van der Waals surface area contributed by atoms with Crippen molar-refractivity contribution < 1.29 is 0 Å². The third-order valence-corrected chi connectivity index (χ3v) is 4.24. The second-order valence-corrected chi connectivity index (χ2v) is 6.27. The van der Waals surface area contributed by atoms with Crippen LogP contribution in [0.4, 0.5) is 0 Å². The molecule has 1 N–H and O–H groups in total. The molecule has 0 bridgehead atoms. The SMILES string of the molecule is CCCC1CCCCN1CC(C)(C#N)NC1CC1. The molecule has 0 spiro atoms. The third kappa shape index (κ3) is 3.70. The number of nitrogens with one attached hydrogen (secondary N) is 1. The molecule has 0 aromatic heterocycles. The number of hydrogen-bond donors (Lipinski definition) is 1. The minimum absolute atomic E-state index is 0.357. The molecule has 18 heavy (non-hydrogen) atoms. The van der Waals surface area contributed by atoms with Crippen LogP contribution in [-0.2, 0) is 0 Å². The first kappa shape index (κ1) is 13.8. The van der Waals surface area contributed by atoms with Crippen LogP contribution < -0.4 is 5.32 Å². The zero-order chi connectivity index (χ0) is 13.0. The van der Waals surface area contributed by atoms with E-state index in [0.29, 0.717) is 12.1 Å². The van der Waals surface area contributed by atoms with Gasteiger partial charge in [-0.15, -0.1) is 0 Å². The van der Waals surface area contributed by atoms with E-state index in [1.54, 1.807) is 0 Å². The van der Waals surface area contributed by atoms with Crippen LogP contribution in [0, 0.1) is 11.3 Å². The Morgan fingerprint density at radius 1 is 1.33 bits per heavy atom. The molecule has 3 heteroatoms. The second-order valence-electron chi connectivity index (χ2n) is 6.27. The van der Waals surface area contributed by atoms with Crippen molar-refractivity contribution in [2.75, 3.05) is 13.1 Å². The number of likely N-dealkylation sites (tertiary alicyclic amines) is 1. The van der Waals surface area contributed by atoms with Crippen LogP contribution in [0.5, 0.6) is 0 Å². The summed E-state index contributed by atoms with van der Waals surface area (Å²) in [7, 11) is 0. The van der Waals surface area contributed by atoms with E-state index in [1.165, 1.54) is 51.5 Å². The molecule has 1 saturated carbocycles. The molecule has 2 atom stereocenters. The van der Waals surface area contributed by atoms with Crippen LogP contribution in [0.1, 0.15) is 58.8 Å². The van der Waals surface area contributed by atoms with Gasteiger partial charge in [-0.25, -0.2) is 0 Å². The first-order chi connectivity index (χ1) is 8.67. The Morgan fingerprint density at radius 2 is 2.11 bits per heavy atom. The van der Waals surface area contributed by atoms with Crippen LogP contribution in [0.15, 0.2) is 0 Å². The predicted molar refractivity (Wildman–Crippen MR) is 74.3 cm³/mol. The van der Waals surface area contributed by atoms with E-state index in [0.717, 1.165) is 6.54 Å². The quantitative estimate of drug-likeness (QED) is 0.786. The summed E-state index contributed by atoms with van der Waals surface area (Å²) in [5.41, 5.74) is -0.357. The number of piperidine rings is 1. The smallest absolute Gasteiger partial charge is 0.116 e. The molecule has 102 valence electrons. The minimum Gasteiger partial charge on any atom is -0.297 e. The highest BCUT2D eigenvalue weighted by Gasteiger charge is 2.35. The fourth-order valence-electron chi connectivity index (χ4n) is 3.13. The molecule has 1 heterocycles. The summed E-state index contributed by atoms with van der Waals surface area (Å²) in [5, 5.41) is 13.0. The number of hydrogen-bond acceptors (Lipinski definition) is 3. The van der Waals surface area contributed by atoms with E-state index in [-0.39, 0.29) is 5.54 Å². The van der Waals surface area contributed by atoms with Crippen LogP contribution in [0.25, 0.3) is 0 Å². The van der Waals surface area contributed by atoms with Gasteiger partial charge in [0.2, 0.25) is 0 Å². The van der Waals surface area contributed by atoms with Crippen LogP contribution in [0.2, 0.25) is 0 Å². The molecule has 1 saturated heterocycles. The number of nitriles is 1. The van der Waals surface area contributed by atoms with Crippen molar-refractivity contribution in [2.45, 2.75) is 76.4 Å². The van der Waals surface area contributed by atoms with Gasteiger partial charge in [-0.05, 0) is 45.6 Å². The Kier molecular flexibility index (Phi) is 4.64. The summed E-state index contributed by atoms with van der Waals surface area (Å²) < 4.78 is 0. The number of rotatable bonds is 6. The molecule has 3 nitrogen and oxygen atoms in total. The minimum atomic E-state index is -0.357. The molecule has 2 fully saturated rings. The largest absolute Gasteiger partial charge is 0.297 e. The first-order valence-corrected chi connectivity index (χ1v) is 7.60. The van der Waals surface area contributed by atoms with Crippen LogP contribution >= 0.6 is 0 Å². The molecular formula is C15H27N3. The summed E-state index contributed by atoms with van der Waals surface area (Å²) >= 11 is 0. The van der Waals surface area contributed by atoms with Crippen molar-refractivity contribution in [3.8, 4) is 6.07 Å². The fourth-order valence-corrected chi connectivity index (χ4v) is 3.13. The molecule has 1 aliphatic carbocycles. The lowest BCUT2D eigenvalue weighted by atomic mass is 9.94. The Morgan fingerprint density at radius 3 is 2.72 bits per heavy atom. The van der Waals surface area contributed by atoms with Gasteiger partial charge in [-0.3, -0.25) is 10.2 Å². The predicted octanol–water partition coefficient (Wildman–Crippen LogP) is 2.68. The van der Waals surface area contributed by atoms with E-state index in [2.05, 4.69) is 30.1 Å². The van der Waals surface area contributed by atoms with Crippen molar-refractivity contribution in [3.63, 3.8) is 0 Å². The summed E-state index contributed by atoms with van der Waals surface area (Å²) in [6.07, 6.45) is 9.00. The fraction of sp³-hybridized carbons (Fsp3) is 0.933. The van der Waals surface area contributed by atoms with Crippen molar-refractivity contribution in [2.24, 2.45) is 0 Å². The zero-order valence-corrected chi connectivity index (χ0v) is 11.9. The lowest BCUT2D eigenvalue weighted by Gasteiger charge is -2.40. The maximum absolute atomic E-state index is 9.47. The van der Waals surface area contributed by atoms with Gasteiger partial charge in [-0.2, -0.15) is 5.26 Å².